The number of rotatable bonds is 6. The molecule has 0 aliphatic rings. The van der Waals surface area contributed by atoms with Gasteiger partial charge in [0.2, 0.25) is 0 Å². The zero-order chi connectivity index (χ0) is 7.82. The van der Waals surface area contributed by atoms with Crippen LogP contribution in [0.1, 0.15) is 13.8 Å². The highest BCUT2D eigenvalue weighted by Crippen LogP contribution is 1.81. The Morgan fingerprint density at radius 2 is 2.10 bits per heavy atom. The molecule has 0 amide bonds. The van der Waals surface area contributed by atoms with Crippen LogP contribution in [0.15, 0.2) is 0 Å². The van der Waals surface area contributed by atoms with Crippen molar-refractivity contribution in [2.24, 2.45) is 0 Å². The summed E-state index contributed by atoms with van der Waals surface area (Å²) < 4.78 is 0. The van der Waals surface area contributed by atoms with Crippen LogP contribution >= 0.6 is 0 Å². The Morgan fingerprint density at radius 3 is 2.50 bits per heavy atom. The first-order valence-electron chi connectivity index (χ1n) is 3.89. The third-order valence-corrected chi connectivity index (χ3v) is 1.45. The molecule has 0 unspecified atom stereocenters. The highest BCUT2D eigenvalue weighted by atomic mass is 16.3. The molecule has 0 fully saturated rings. The van der Waals surface area contributed by atoms with Gasteiger partial charge in [0.05, 0.1) is 6.61 Å². The molecule has 0 rings (SSSR count). The number of nitrogens with zero attached hydrogens (tertiary/aromatic N) is 1. The number of hydrogen-bond donors (Lipinski definition) is 2. The topological polar surface area (TPSA) is 35.5 Å². The molecule has 0 aliphatic carbocycles. The summed E-state index contributed by atoms with van der Waals surface area (Å²) in [5, 5.41) is 11.8. The molecule has 0 aliphatic heterocycles. The molecule has 0 saturated heterocycles. The Kier molecular flexibility index (Phi) is 6.91. The van der Waals surface area contributed by atoms with Crippen LogP contribution in [0, 0.1) is 0 Å². The predicted molar refractivity (Wildman–Crippen MR) is 42.9 cm³/mol. The van der Waals surface area contributed by atoms with Crippen LogP contribution in [0.3, 0.4) is 0 Å². The van der Waals surface area contributed by atoms with E-state index in [0.717, 1.165) is 26.3 Å². The van der Waals surface area contributed by atoms with E-state index in [1.165, 1.54) is 0 Å². The molecular weight excluding hydrogens is 128 g/mol. The summed E-state index contributed by atoms with van der Waals surface area (Å²) in [6.07, 6.45) is 0. The van der Waals surface area contributed by atoms with Crippen molar-refractivity contribution >= 4 is 0 Å². The van der Waals surface area contributed by atoms with Gasteiger partial charge in [-0.2, -0.15) is 0 Å². The first-order valence-corrected chi connectivity index (χ1v) is 3.89. The van der Waals surface area contributed by atoms with Gasteiger partial charge in [-0.25, -0.2) is 0 Å². The van der Waals surface area contributed by atoms with Crippen molar-refractivity contribution in [1.29, 1.82) is 0 Å². The third-order valence-electron chi connectivity index (χ3n) is 1.45. The van der Waals surface area contributed by atoms with E-state index in [1.807, 2.05) is 0 Å². The van der Waals surface area contributed by atoms with Crippen molar-refractivity contribution in [3.05, 3.63) is 0 Å². The Bertz CT molecular complexity index is 68.6. The predicted octanol–water partition coefficient (Wildman–Crippen LogP) is -0.132. The molecule has 0 spiro atoms. The minimum atomic E-state index is 0.249. The minimum absolute atomic E-state index is 0.249. The van der Waals surface area contributed by atoms with E-state index in [2.05, 4.69) is 24.1 Å². The largest absolute Gasteiger partial charge is 0.395 e. The van der Waals surface area contributed by atoms with Crippen LogP contribution in [0.25, 0.3) is 0 Å². The summed E-state index contributed by atoms with van der Waals surface area (Å²) in [6, 6.07) is 0. The highest BCUT2D eigenvalue weighted by molar-refractivity contribution is 4.50. The summed E-state index contributed by atoms with van der Waals surface area (Å²) in [5.41, 5.74) is 0. The Balaban J connectivity index is 3.21. The SMILES string of the molecule is CCNCN(CC)CCO. The van der Waals surface area contributed by atoms with Crippen molar-refractivity contribution in [1.82, 2.24) is 10.2 Å². The van der Waals surface area contributed by atoms with Gasteiger partial charge in [-0.15, -0.1) is 0 Å². The second kappa shape index (κ2) is 6.99. The Morgan fingerprint density at radius 1 is 1.40 bits per heavy atom. The van der Waals surface area contributed by atoms with E-state index in [9.17, 15) is 0 Å². The van der Waals surface area contributed by atoms with Gasteiger partial charge in [-0.05, 0) is 13.1 Å². The van der Waals surface area contributed by atoms with Gasteiger partial charge in [0.15, 0.2) is 0 Å². The second-order valence-electron chi connectivity index (χ2n) is 2.20. The molecule has 0 aromatic rings. The fraction of sp³-hybridized carbons (Fsp3) is 1.00. The minimum Gasteiger partial charge on any atom is -0.395 e. The fourth-order valence-electron chi connectivity index (χ4n) is 0.760. The van der Waals surface area contributed by atoms with E-state index in [4.69, 9.17) is 5.11 Å². The second-order valence-corrected chi connectivity index (χ2v) is 2.20. The van der Waals surface area contributed by atoms with Crippen molar-refractivity contribution in [3.8, 4) is 0 Å². The average molecular weight is 146 g/mol. The Labute approximate surface area is 63.0 Å². The molecule has 0 bridgehead atoms. The molecule has 3 nitrogen and oxygen atoms in total. The molecular formula is C7H18N2O. The van der Waals surface area contributed by atoms with Gasteiger partial charge in [0, 0.05) is 13.2 Å². The van der Waals surface area contributed by atoms with Crippen molar-refractivity contribution < 1.29 is 5.11 Å². The molecule has 0 saturated carbocycles. The third kappa shape index (κ3) is 4.73. The zero-order valence-corrected chi connectivity index (χ0v) is 6.93. The lowest BCUT2D eigenvalue weighted by atomic mass is 10.5. The molecule has 0 heterocycles. The smallest absolute Gasteiger partial charge is 0.0558 e. The lowest BCUT2D eigenvalue weighted by Crippen LogP contribution is -2.35. The average Bonchev–Trinajstić information content (AvgIpc) is 1.98. The molecule has 3 heteroatoms. The molecule has 0 atom stereocenters. The first kappa shape index (κ1) is 9.88. The molecule has 0 aromatic heterocycles. The van der Waals surface area contributed by atoms with E-state index in [-0.39, 0.29) is 6.61 Å². The standard InChI is InChI=1S/C7H18N2O/c1-3-8-7-9(4-2)5-6-10/h8,10H,3-7H2,1-2H3. The van der Waals surface area contributed by atoms with Gasteiger partial charge in [0.25, 0.3) is 0 Å². The zero-order valence-electron chi connectivity index (χ0n) is 6.93. The van der Waals surface area contributed by atoms with Crippen molar-refractivity contribution in [2.75, 3.05) is 32.9 Å². The quantitative estimate of drug-likeness (QED) is 0.512. The summed E-state index contributed by atoms with van der Waals surface area (Å²) in [7, 11) is 0. The highest BCUT2D eigenvalue weighted by Gasteiger charge is 1.97. The molecule has 2 N–H and O–H groups in total. The van der Waals surface area contributed by atoms with E-state index >= 15 is 0 Å². The fourth-order valence-corrected chi connectivity index (χ4v) is 0.760. The number of aliphatic hydroxyl groups is 1. The molecule has 62 valence electrons. The summed E-state index contributed by atoms with van der Waals surface area (Å²) in [5.74, 6) is 0. The molecule has 0 radical (unpaired) electrons. The van der Waals surface area contributed by atoms with Crippen LogP contribution in [-0.4, -0.2) is 42.9 Å². The van der Waals surface area contributed by atoms with Gasteiger partial charge in [-0.1, -0.05) is 13.8 Å². The van der Waals surface area contributed by atoms with Gasteiger partial charge < -0.3 is 10.4 Å². The summed E-state index contributed by atoms with van der Waals surface area (Å²) >= 11 is 0. The summed E-state index contributed by atoms with van der Waals surface area (Å²) in [4.78, 5) is 2.16. The summed E-state index contributed by atoms with van der Waals surface area (Å²) in [6.45, 7) is 8.05. The van der Waals surface area contributed by atoms with Gasteiger partial charge >= 0.3 is 0 Å². The van der Waals surface area contributed by atoms with Crippen LogP contribution in [0.2, 0.25) is 0 Å². The van der Waals surface area contributed by atoms with Crippen molar-refractivity contribution in [2.45, 2.75) is 13.8 Å². The van der Waals surface area contributed by atoms with Gasteiger partial charge in [-0.3, -0.25) is 4.90 Å². The number of hydrogen-bond acceptors (Lipinski definition) is 3. The van der Waals surface area contributed by atoms with Crippen LogP contribution < -0.4 is 5.32 Å². The van der Waals surface area contributed by atoms with Crippen LogP contribution in [0.5, 0.6) is 0 Å². The first-order chi connectivity index (χ1) is 4.85. The maximum absolute atomic E-state index is 8.60. The van der Waals surface area contributed by atoms with Gasteiger partial charge in [0.1, 0.15) is 0 Å². The van der Waals surface area contributed by atoms with E-state index in [0.29, 0.717) is 0 Å². The molecule has 0 aromatic carbocycles. The lowest BCUT2D eigenvalue weighted by Gasteiger charge is -2.18. The number of likely N-dealkylation sites (N-methyl/N-ethyl adjacent to an activating group) is 1. The maximum atomic E-state index is 8.60. The van der Waals surface area contributed by atoms with E-state index < -0.39 is 0 Å². The van der Waals surface area contributed by atoms with Crippen LogP contribution in [-0.2, 0) is 0 Å². The number of nitrogens with one attached hydrogen (secondary N) is 1. The monoisotopic (exact) mass is 146 g/mol. The molecule has 10 heavy (non-hydrogen) atoms. The lowest BCUT2D eigenvalue weighted by molar-refractivity contribution is 0.193. The normalized spacial score (nSPS) is 10.8. The number of aliphatic hydroxyl groups excluding tert-OH is 1. The van der Waals surface area contributed by atoms with E-state index in [1.54, 1.807) is 0 Å². The Hall–Kier alpha value is -0.120. The van der Waals surface area contributed by atoms with Crippen LogP contribution in [0.4, 0.5) is 0 Å². The maximum Gasteiger partial charge on any atom is 0.0558 e. The van der Waals surface area contributed by atoms with Crippen molar-refractivity contribution in [3.63, 3.8) is 0 Å².